The van der Waals surface area contributed by atoms with Crippen molar-refractivity contribution in [2.45, 2.75) is 19.3 Å². The molecule has 0 aromatic heterocycles. The molecular formula is C19H19N3S. The largest absolute Gasteiger partial charge is 0.370 e. The number of nitrogens with two attached hydrogens (primary N) is 2. The summed E-state index contributed by atoms with van der Waals surface area (Å²) in [6, 6.07) is 17.6. The number of nitrogens with one attached hydrogen (secondary N) is 1. The van der Waals surface area contributed by atoms with E-state index in [2.05, 4.69) is 60.0 Å². The Hall–Kier alpha value is -2.46. The molecule has 0 spiro atoms. The van der Waals surface area contributed by atoms with Gasteiger partial charge < -0.3 is 11.5 Å². The van der Waals surface area contributed by atoms with Gasteiger partial charge in [0.15, 0.2) is 5.96 Å². The molecule has 0 saturated carbocycles. The molecule has 4 heteroatoms. The van der Waals surface area contributed by atoms with Gasteiger partial charge >= 0.3 is 0 Å². The summed E-state index contributed by atoms with van der Waals surface area (Å²) in [6.45, 7) is 0. The van der Waals surface area contributed by atoms with Crippen LogP contribution in [0.2, 0.25) is 0 Å². The zero-order valence-electron chi connectivity index (χ0n) is 12.8. The average molecular weight is 321 g/mol. The minimum atomic E-state index is -0.333. The lowest BCUT2D eigenvalue weighted by Crippen LogP contribution is -2.20. The zero-order chi connectivity index (χ0) is 16.4. The SMILES string of the molecule is N=C(N)N.S=C1CCCc2c1ccc1c2ccc2ccccc21. The maximum Gasteiger partial charge on any atom is 0.183 e. The summed E-state index contributed by atoms with van der Waals surface area (Å²) in [6.07, 6.45) is 3.42. The van der Waals surface area contributed by atoms with E-state index in [4.69, 9.17) is 17.6 Å². The predicted octanol–water partition coefficient (Wildman–Crippen LogP) is 3.89. The van der Waals surface area contributed by atoms with Crippen LogP contribution in [-0.4, -0.2) is 10.8 Å². The first-order valence-corrected chi connectivity index (χ1v) is 8.05. The Kier molecular flexibility index (Phi) is 4.26. The fourth-order valence-electron chi connectivity index (χ4n) is 3.24. The molecule has 3 aromatic carbocycles. The summed E-state index contributed by atoms with van der Waals surface area (Å²) < 4.78 is 0. The van der Waals surface area contributed by atoms with Crippen LogP contribution in [-0.2, 0) is 6.42 Å². The molecular weight excluding hydrogens is 302 g/mol. The second-order valence-electron chi connectivity index (χ2n) is 5.71. The van der Waals surface area contributed by atoms with E-state index in [0.29, 0.717) is 0 Å². The second kappa shape index (κ2) is 6.34. The van der Waals surface area contributed by atoms with Crippen LogP contribution >= 0.6 is 12.2 Å². The molecule has 0 heterocycles. The van der Waals surface area contributed by atoms with Crippen molar-refractivity contribution in [3.63, 3.8) is 0 Å². The molecule has 23 heavy (non-hydrogen) atoms. The summed E-state index contributed by atoms with van der Waals surface area (Å²) in [5, 5.41) is 11.5. The summed E-state index contributed by atoms with van der Waals surface area (Å²) in [5.41, 5.74) is 11.7. The van der Waals surface area contributed by atoms with Gasteiger partial charge in [0, 0.05) is 4.86 Å². The third kappa shape index (κ3) is 3.03. The van der Waals surface area contributed by atoms with Gasteiger partial charge in [-0.2, -0.15) is 0 Å². The van der Waals surface area contributed by atoms with Crippen molar-refractivity contribution < 1.29 is 0 Å². The van der Waals surface area contributed by atoms with E-state index in [0.717, 1.165) is 17.7 Å². The van der Waals surface area contributed by atoms with Gasteiger partial charge in [0.05, 0.1) is 0 Å². The number of rotatable bonds is 0. The molecule has 0 unspecified atom stereocenters. The number of thiocarbonyl (C=S) groups is 1. The first-order valence-electron chi connectivity index (χ1n) is 7.64. The van der Waals surface area contributed by atoms with Gasteiger partial charge in [-0.1, -0.05) is 60.7 Å². The Morgan fingerprint density at radius 1 is 0.870 bits per heavy atom. The predicted molar refractivity (Wildman–Crippen MR) is 102 cm³/mol. The standard InChI is InChI=1S/C18H14S.CH5N3/c19-18-7-3-6-14-16-9-8-12-4-1-2-5-13(12)15(16)10-11-17(14)18;2-1(3)4/h1-2,4-5,8-11H,3,6-7H2;(H5,2,3,4). The summed E-state index contributed by atoms with van der Waals surface area (Å²) in [4.78, 5) is 1.14. The summed E-state index contributed by atoms with van der Waals surface area (Å²) in [7, 11) is 0. The molecule has 116 valence electrons. The van der Waals surface area contributed by atoms with Crippen molar-refractivity contribution >= 4 is 44.6 Å². The van der Waals surface area contributed by atoms with Crippen molar-refractivity contribution in [1.29, 1.82) is 5.41 Å². The molecule has 0 atom stereocenters. The number of hydrogen-bond donors (Lipinski definition) is 3. The van der Waals surface area contributed by atoms with Gasteiger partial charge in [0.25, 0.3) is 0 Å². The van der Waals surface area contributed by atoms with Crippen molar-refractivity contribution in [3.05, 3.63) is 59.7 Å². The van der Waals surface area contributed by atoms with Gasteiger partial charge in [-0.3, -0.25) is 5.41 Å². The van der Waals surface area contributed by atoms with Crippen molar-refractivity contribution in [1.82, 2.24) is 0 Å². The van der Waals surface area contributed by atoms with Crippen LogP contribution in [0.5, 0.6) is 0 Å². The third-order valence-electron chi connectivity index (χ3n) is 4.17. The Bertz CT molecular complexity index is 911. The molecule has 3 nitrogen and oxygen atoms in total. The maximum absolute atomic E-state index is 6.06. The molecule has 0 bridgehead atoms. The first-order chi connectivity index (χ1) is 11.1. The lowest BCUT2D eigenvalue weighted by Gasteiger charge is -2.19. The highest BCUT2D eigenvalue weighted by Crippen LogP contribution is 2.33. The van der Waals surface area contributed by atoms with Crippen LogP contribution in [0, 0.1) is 5.41 Å². The topological polar surface area (TPSA) is 75.9 Å². The molecule has 5 N–H and O–H groups in total. The normalized spacial score (nSPS) is 13.3. The number of hydrogen-bond acceptors (Lipinski definition) is 2. The number of guanidine groups is 1. The van der Waals surface area contributed by atoms with E-state index in [9.17, 15) is 0 Å². The quantitative estimate of drug-likeness (QED) is 0.254. The minimum absolute atomic E-state index is 0.333. The summed E-state index contributed by atoms with van der Waals surface area (Å²) in [5.74, 6) is -0.333. The lowest BCUT2D eigenvalue weighted by atomic mass is 9.86. The Balaban J connectivity index is 0.000000354. The van der Waals surface area contributed by atoms with Crippen LogP contribution in [0.3, 0.4) is 0 Å². The summed E-state index contributed by atoms with van der Waals surface area (Å²) >= 11 is 5.52. The average Bonchev–Trinajstić information content (AvgIpc) is 2.54. The van der Waals surface area contributed by atoms with E-state index < -0.39 is 0 Å². The molecule has 0 aliphatic heterocycles. The molecule has 0 radical (unpaired) electrons. The fourth-order valence-corrected chi connectivity index (χ4v) is 3.58. The highest BCUT2D eigenvalue weighted by molar-refractivity contribution is 7.80. The molecule has 1 aliphatic rings. The van der Waals surface area contributed by atoms with Gasteiger partial charge in [-0.15, -0.1) is 0 Å². The Morgan fingerprint density at radius 3 is 2.35 bits per heavy atom. The molecule has 0 saturated heterocycles. The van der Waals surface area contributed by atoms with Crippen LogP contribution in [0.25, 0.3) is 21.5 Å². The van der Waals surface area contributed by atoms with E-state index >= 15 is 0 Å². The van der Waals surface area contributed by atoms with Crippen LogP contribution in [0.15, 0.2) is 48.5 Å². The van der Waals surface area contributed by atoms with Gasteiger partial charge in [0.2, 0.25) is 0 Å². The van der Waals surface area contributed by atoms with E-state index in [1.54, 1.807) is 0 Å². The van der Waals surface area contributed by atoms with Crippen molar-refractivity contribution in [2.24, 2.45) is 11.5 Å². The smallest absolute Gasteiger partial charge is 0.183 e. The molecule has 3 aromatic rings. The highest BCUT2D eigenvalue weighted by Gasteiger charge is 2.16. The zero-order valence-corrected chi connectivity index (χ0v) is 13.6. The number of benzene rings is 3. The first kappa shape index (κ1) is 15.4. The molecule has 0 amide bonds. The fraction of sp³-hybridized carbons (Fsp3) is 0.158. The van der Waals surface area contributed by atoms with E-state index in [1.165, 1.54) is 39.1 Å². The molecule has 4 rings (SSSR count). The van der Waals surface area contributed by atoms with Crippen LogP contribution < -0.4 is 11.5 Å². The Morgan fingerprint density at radius 2 is 1.57 bits per heavy atom. The van der Waals surface area contributed by atoms with Crippen LogP contribution in [0.4, 0.5) is 0 Å². The van der Waals surface area contributed by atoms with Crippen molar-refractivity contribution in [2.75, 3.05) is 0 Å². The highest BCUT2D eigenvalue weighted by atomic mass is 32.1. The molecule has 0 fully saturated rings. The van der Waals surface area contributed by atoms with Crippen molar-refractivity contribution in [3.8, 4) is 0 Å². The lowest BCUT2D eigenvalue weighted by molar-refractivity contribution is 0.854. The third-order valence-corrected chi connectivity index (χ3v) is 4.59. The van der Waals surface area contributed by atoms with Gasteiger partial charge in [-0.05, 0) is 51.9 Å². The molecule has 1 aliphatic carbocycles. The monoisotopic (exact) mass is 321 g/mol. The second-order valence-corrected chi connectivity index (χ2v) is 6.20. The van der Waals surface area contributed by atoms with E-state index in [-0.39, 0.29) is 5.96 Å². The van der Waals surface area contributed by atoms with Gasteiger partial charge in [-0.25, -0.2) is 0 Å². The minimum Gasteiger partial charge on any atom is -0.370 e. The van der Waals surface area contributed by atoms with Crippen LogP contribution in [0.1, 0.15) is 24.0 Å². The Labute approximate surface area is 140 Å². The van der Waals surface area contributed by atoms with Gasteiger partial charge in [0.1, 0.15) is 0 Å². The number of aryl methyl sites for hydroxylation is 1. The maximum atomic E-state index is 6.06. The van der Waals surface area contributed by atoms with E-state index in [1.807, 2.05) is 0 Å². The number of fused-ring (bicyclic) bond motifs is 5.